The summed E-state index contributed by atoms with van der Waals surface area (Å²) in [4.78, 5) is 57.5. The molecule has 0 heterocycles. The standard InChI is InChI=1S/C24H26F3N5O9S/c1-14-2-8-17(9-3-14)42(39,40)41-20(10-15-4-6-16(7-5-15)32(37)38)22(35)30-11-18(28)19(33)12-29-21(34)13-31-23(36)24(25,26)27/h2-9,18,20H,10-13,28H2,1H3,(H,29,34)(H,30,35)(H,31,36). The highest BCUT2D eigenvalue weighted by atomic mass is 32.2. The number of nitro groups is 1. The smallest absolute Gasteiger partial charge is 0.352 e. The van der Waals surface area contributed by atoms with Gasteiger partial charge in [-0.25, -0.2) is 0 Å². The lowest BCUT2D eigenvalue weighted by Gasteiger charge is -2.19. The highest BCUT2D eigenvalue weighted by molar-refractivity contribution is 7.86. The fourth-order valence-corrected chi connectivity index (χ4v) is 4.17. The van der Waals surface area contributed by atoms with E-state index in [-0.39, 0.29) is 17.0 Å². The van der Waals surface area contributed by atoms with Crippen LogP contribution in [0.25, 0.3) is 0 Å². The fourth-order valence-electron chi connectivity index (χ4n) is 3.13. The van der Waals surface area contributed by atoms with E-state index in [0.717, 1.165) is 17.7 Å². The number of ketones is 1. The maximum absolute atomic E-state index is 12.9. The maximum atomic E-state index is 12.9. The lowest BCUT2D eigenvalue weighted by molar-refractivity contribution is -0.384. The number of Topliss-reactive ketones (excluding diaryl/α,β-unsaturated/α-hetero) is 1. The van der Waals surface area contributed by atoms with E-state index in [1.54, 1.807) is 6.92 Å². The van der Waals surface area contributed by atoms with Crippen LogP contribution in [0.5, 0.6) is 0 Å². The largest absolute Gasteiger partial charge is 0.471 e. The van der Waals surface area contributed by atoms with Gasteiger partial charge in [-0.3, -0.25) is 33.5 Å². The highest BCUT2D eigenvalue weighted by Gasteiger charge is 2.38. The van der Waals surface area contributed by atoms with Crippen LogP contribution >= 0.6 is 0 Å². The summed E-state index contributed by atoms with van der Waals surface area (Å²) in [6, 6.07) is 9.01. The SMILES string of the molecule is Cc1ccc(S(=O)(=O)OC(Cc2ccc([N+](=O)[O-])cc2)C(=O)NCC(N)C(=O)CNC(=O)CNC(=O)C(F)(F)F)cc1. The number of carbonyl (C=O) groups is 4. The molecule has 0 radical (unpaired) electrons. The Morgan fingerprint density at radius 1 is 0.976 bits per heavy atom. The van der Waals surface area contributed by atoms with Crippen LogP contribution < -0.4 is 21.7 Å². The van der Waals surface area contributed by atoms with Crippen LogP contribution in [0.2, 0.25) is 0 Å². The van der Waals surface area contributed by atoms with Crippen molar-refractivity contribution in [2.24, 2.45) is 5.73 Å². The molecule has 14 nitrogen and oxygen atoms in total. The number of amides is 3. The molecule has 228 valence electrons. The molecule has 42 heavy (non-hydrogen) atoms. The molecule has 2 rings (SSSR count). The van der Waals surface area contributed by atoms with Crippen LogP contribution in [0, 0.1) is 17.0 Å². The second-order valence-electron chi connectivity index (χ2n) is 8.75. The number of aryl methyl sites for hydroxylation is 1. The molecule has 0 aliphatic heterocycles. The van der Waals surface area contributed by atoms with Gasteiger partial charge in [-0.15, -0.1) is 0 Å². The van der Waals surface area contributed by atoms with Gasteiger partial charge in [-0.05, 0) is 24.6 Å². The number of nitro benzene ring substituents is 1. The molecule has 0 spiro atoms. The van der Waals surface area contributed by atoms with E-state index in [0.29, 0.717) is 5.56 Å². The molecule has 0 bridgehead atoms. The van der Waals surface area contributed by atoms with E-state index in [1.165, 1.54) is 41.7 Å². The summed E-state index contributed by atoms with van der Waals surface area (Å²) in [7, 11) is -4.47. The molecule has 0 aliphatic carbocycles. The molecular weight excluding hydrogens is 591 g/mol. The van der Waals surface area contributed by atoms with Crippen molar-refractivity contribution in [1.29, 1.82) is 0 Å². The quantitative estimate of drug-likeness (QED) is 0.127. The molecule has 0 aromatic heterocycles. The van der Waals surface area contributed by atoms with Crippen molar-refractivity contribution in [3.8, 4) is 0 Å². The van der Waals surface area contributed by atoms with Crippen molar-refractivity contribution in [3.63, 3.8) is 0 Å². The zero-order valence-corrected chi connectivity index (χ0v) is 22.7. The molecular formula is C24H26F3N5O9S. The van der Waals surface area contributed by atoms with E-state index in [9.17, 15) is 50.9 Å². The zero-order chi connectivity index (χ0) is 31.7. The van der Waals surface area contributed by atoms with E-state index in [1.807, 2.05) is 5.32 Å². The number of nitrogens with zero attached hydrogens (tertiary/aromatic N) is 1. The average Bonchev–Trinajstić information content (AvgIpc) is 2.92. The van der Waals surface area contributed by atoms with Gasteiger partial charge in [-0.2, -0.15) is 21.6 Å². The lowest BCUT2D eigenvalue weighted by Crippen LogP contribution is -2.50. The number of rotatable bonds is 14. The number of nitrogens with two attached hydrogens (primary N) is 1. The summed E-state index contributed by atoms with van der Waals surface area (Å²) in [6.45, 7) is -0.635. The number of halogens is 3. The zero-order valence-electron chi connectivity index (χ0n) is 21.8. The number of alkyl halides is 3. The first kappa shape index (κ1) is 33.8. The van der Waals surface area contributed by atoms with E-state index in [2.05, 4.69) is 5.32 Å². The highest BCUT2D eigenvalue weighted by Crippen LogP contribution is 2.19. The topological polar surface area (TPSA) is 217 Å². The predicted molar refractivity (Wildman–Crippen MR) is 138 cm³/mol. The Hall–Kier alpha value is -4.42. The van der Waals surface area contributed by atoms with Crippen LogP contribution in [-0.2, 0) is 39.9 Å². The first-order chi connectivity index (χ1) is 19.5. The Morgan fingerprint density at radius 3 is 2.12 bits per heavy atom. The normalized spacial score (nSPS) is 13.0. The summed E-state index contributed by atoms with van der Waals surface area (Å²) in [5.41, 5.74) is 6.53. The molecule has 0 fully saturated rings. The summed E-state index contributed by atoms with van der Waals surface area (Å²) in [5.74, 6) is -5.33. The third-order valence-electron chi connectivity index (χ3n) is 5.45. The third-order valence-corrected chi connectivity index (χ3v) is 6.78. The average molecular weight is 618 g/mol. The minimum atomic E-state index is -5.20. The van der Waals surface area contributed by atoms with Gasteiger partial charge in [0.1, 0.15) is 0 Å². The monoisotopic (exact) mass is 617 g/mol. The molecule has 2 aromatic carbocycles. The summed E-state index contributed by atoms with van der Waals surface area (Å²) in [5, 5.41) is 16.5. The molecule has 2 unspecified atom stereocenters. The van der Waals surface area contributed by atoms with Crippen molar-refractivity contribution in [2.75, 3.05) is 19.6 Å². The van der Waals surface area contributed by atoms with E-state index < -0.39 is 76.5 Å². The van der Waals surface area contributed by atoms with Crippen LogP contribution in [0.15, 0.2) is 53.4 Å². The van der Waals surface area contributed by atoms with Gasteiger partial charge in [0.05, 0.1) is 29.0 Å². The molecule has 0 saturated carbocycles. The van der Waals surface area contributed by atoms with Gasteiger partial charge in [-0.1, -0.05) is 29.8 Å². The minimum absolute atomic E-state index is 0.243. The van der Waals surface area contributed by atoms with Crippen LogP contribution in [-0.4, -0.2) is 74.8 Å². The number of benzene rings is 2. The summed E-state index contributed by atoms with van der Waals surface area (Å²) in [6.07, 6.45) is -7.24. The van der Waals surface area contributed by atoms with Crippen LogP contribution in [0.1, 0.15) is 11.1 Å². The number of hydrogen-bond donors (Lipinski definition) is 4. The second-order valence-corrected chi connectivity index (χ2v) is 10.3. The molecule has 0 saturated heterocycles. The van der Waals surface area contributed by atoms with E-state index in [4.69, 9.17) is 9.92 Å². The van der Waals surface area contributed by atoms with Gasteiger partial charge >= 0.3 is 12.1 Å². The summed E-state index contributed by atoms with van der Waals surface area (Å²) < 4.78 is 67.4. The second kappa shape index (κ2) is 14.5. The van der Waals surface area contributed by atoms with Gasteiger partial charge in [0.2, 0.25) is 5.91 Å². The number of nitrogens with one attached hydrogen (secondary N) is 3. The molecule has 2 aromatic rings. The van der Waals surface area contributed by atoms with Crippen molar-refractivity contribution < 1.29 is 49.9 Å². The number of carbonyl (C=O) groups excluding carboxylic acids is 4. The molecule has 5 N–H and O–H groups in total. The van der Waals surface area contributed by atoms with Crippen molar-refractivity contribution in [1.82, 2.24) is 16.0 Å². The Labute approximate surface area is 237 Å². The molecule has 0 aliphatic rings. The molecule has 18 heteroatoms. The summed E-state index contributed by atoms with van der Waals surface area (Å²) >= 11 is 0. The number of hydrogen-bond acceptors (Lipinski definition) is 10. The van der Waals surface area contributed by atoms with Crippen LogP contribution in [0.4, 0.5) is 18.9 Å². The third kappa shape index (κ3) is 10.5. The van der Waals surface area contributed by atoms with Crippen molar-refractivity contribution >= 4 is 39.3 Å². The Bertz CT molecular complexity index is 1420. The van der Waals surface area contributed by atoms with Crippen LogP contribution in [0.3, 0.4) is 0 Å². The van der Waals surface area contributed by atoms with Gasteiger partial charge < -0.3 is 21.7 Å². The van der Waals surface area contributed by atoms with Gasteiger partial charge in [0.25, 0.3) is 21.7 Å². The first-order valence-electron chi connectivity index (χ1n) is 11.9. The Kier molecular flexibility index (Phi) is 11.6. The molecule has 3 amide bonds. The fraction of sp³-hybridized carbons (Fsp3) is 0.333. The van der Waals surface area contributed by atoms with E-state index >= 15 is 0 Å². The minimum Gasteiger partial charge on any atom is -0.352 e. The predicted octanol–water partition coefficient (Wildman–Crippen LogP) is 0.0271. The van der Waals surface area contributed by atoms with Gasteiger partial charge in [0, 0.05) is 25.1 Å². The first-order valence-corrected chi connectivity index (χ1v) is 13.3. The Balaban J connectivity index is 2.04. The Morgan fingerprint density at radius 2 is 1.57 bits per heavy atom. The lowest BCUT2D eigenvalue weighted by atomic mass is 10.1. The van der Waals surface area contributed by atoms with Gasteiger partial charge in [0.15, 0.2) is 11.9 Å². The van der Waals surface area contributed by atoms with Crippen molar-refractivity contribution in [2.45, 2.75) is 36.6 Å². The van der Waals surface area contributed by atoms with Crippen molar-refractivity contribution in [3.05, 3.63) is 69.8 Å². The number of non-ortho nitro benzene ring substituents is 1. The molecule has 2 atom stereocenters. The maximum Gasteiger partial charge on any atom is 0.471 e.